The molecule has 0 unspecified atom stereocenters. The second-order valence-corrected chi connectivity index (χ2v) is 8.02. The van der Waals surface area contributed by atoms with E-state index in [-0.39, 0.29) is 17.5 Å². The van der Waals surface area contributed by atoms with Crippen molar-refractivity contribution in [2.75, 3.05) is 23.3 Å². The normalized spacial score (nSPS) is 19.1. The van der Waals surface area contributed by atoms with Crippen molar-refractivity contribution >= 4 is 17.4 Å². The predicted octanol–water partition coefficient (Wildman–Crippen LogP) is 4.44. The Labute approximate surface area is 167 Å². The molecule has 29 heavy (non-hydrogen) atoms. The van der Waals surface area contributed by atoms with Gasteiger partial charge >= 0.3 is 6.18 Å². The van der Waals surface area contributed by atoms with Crippen LogP contribution in [0.4, 0.5) is 24.7 Å². The third kappa shape index (κ3) is 4.06. The first-order valence-electron chi connectivity index (χ1n) is 9.79. The number of piperidine rings is 1. The Morgan fingerprint density at radius 2 is 1.90 bits per heavy atom. The Morgan fingerprint density at radius 1 is 1.17 bits per heavy atom. The Morgan fingerprint density at radius 3 is 2.48 bits per heavy atom. The first-order chi connectivity index (χ1) is 13.8. The number of aryl methyl sites for hydroxylation is 1. The van der Waals surface area contributed by atoms with Crippen LogP contribution >= 0.6 is 0 Å². The number of rotatable bonds is 4. The van der Waals surface area contributed by atoms with Crippen LogP contribution in [0.1, 0.15) is 36.8 Å². The number of alkyl halides is 3. The highest BCUT2D eigenvalue weighted by molar-refractivity contribution is 5.97. The highest BCUT2D eigenvalue weighted by Crippen LogP contribution is 2.56. The van der Waals surface area contributed by atoms with Crippen LogP contribution in [-0.2, 0) is 11.0 Å². The van der Waals surface area contributed by atoms with Gasteiger partial charge in [-0.25, -0.2) is 4.98 Å². The molecule has 0 radical (unpaired) electrons. The molecule has 5 nitrogen and oxygen atoms in total. The van der Waals surface area contributed by atoms with Crippen molar-refractivity contribution in [1.82, 2.24) is 9.97 Å². The van der Waals surface area contributed by atoms with Gasteiger partial charge in [-0.3, -0.25) is 9.78 Å². The van der Waals surface area contributed by atoms with Crippen molar-refractivity contribution in [2.24, 2.45) is 11.3 Å². The van der Waals surface area contributed by atoms with Crippen LogP contribution in [0, 0.1) is 18.3 Å². The van der Waals surface area contributed by atoms with Gasteiger partial charge in [0.05, 0.1) is 17.2 Å². The monoisotopic (exact) mass is 404 g/mol. The van der Waals surface area contributed by atoms with Crippen LogP contribution in [0.15, 0.2) is 36.8 Å². The maximum atomic E-state index is 13.1. The summed E-state index contributed by atoms with van der Waals surface area (Å²) in [6, 6.07) is 3.68. The summed E-state index contributed by atoms with van der Waals surface area (Å²) >= 11 is 0. The Bertz CT molecular complexity index is 889. The average molecular weight is 404 g/mol. The molecule has 2 aliphatic rings. The quantitative estimate of drug-likeness (QED) is 0.819. The van der Waals surface area contributed by atoms with E-state index in [1.165, 1.54) is 0 Å². The molecule has 1 saturated heterocycles. The van der Waals surface area contributed by atoms with Crippen LogP contribution in [0.2, 0.25) is 0 Å². The Balaban J connectivity index is 1.43. The third-order valence-electron chi connectivity index (χ3n) is 6.05. The number of anilines is 2. The molecule has 1 aliphatic heterocycles. The number of nitrogens with one attached hydrogen (secondary N) is 1. The Kier molecular flexibility index (Phi) is 4.96. The maximum absolute atomic E-state index is 13.1. The number of hydrogen-bond acceptors (Lipinski definition) is 4. The van der Waals surface area contributed by atoms with E-state index < -0.39 is 17.2 Å². The number of aromatic nitrogens is 2. The average Bonchev–Trinajstić information content (AvgIpc) is 3.50. The van der Waals surface area contributed by atoms with Crippen molar-refractivity contribution in [2.45, 2.75) is 38.8 Å². The number of benzene rings is 1. The zero-order valence-electron chi connectivity index (χ0n) is 16.2. The number of halogens is 3. The number of hydrogen-bond donors (Lipinski definition) is 1. The molecule has 4 rings (SSSR count). The van der Waals surface area contributed by atoms with Crippen LogP contribution < -0.4 is 10.2 Å². The first kappa shape index (κ1) is 19.7. The topological polar surface area (TPSA) is 58.1 Å². The van der Waals surface area contributed by atoms with Crippen LogP contribution in [0.3, 0.4) is 0 Å². The van der Waals surface area contributed by atoms with E-state index in [9.17, 15) is 18.0 Å². The molecule has 2 heterocycles. The van der Waals surface area contributed by atoms with Gasteiger partial charge < -0.3 is 10.2 Å². The van der Waals surface area contributed by atoms with Gasteiger partial charge in [0.2, 0.25) is 5.91 Å². The van der Waals surface area contributed by atoms with Crippen LogP contribution in [-0.4, -0.2) is 29.0 Å². The largest absolute Gasteiger partial charge is 0.416 e. The molecule has 1 saturated carbocycles. The minimum atomic E-state index is -4.43. The fourth-order valence-corrected chi connectivity index (χ4v) is 4.35. The van der Waals surface area contributed by atoms with Gasteiger partial charge in [-0.15, -0.1) is 0 Å². The van der Waals surface area contributed by atoms with Gasteiger partial charge in [-0.2, -0.15) is 13.2 Å². The van der Waals surface area contributed by atoms with E-state index in [1.54, 1.807) is 31.6 Å². The molecule has 1 aliphatic carbocycles. The second-order valence-electron chi connectivity index (χ2n) is 8.02. The van der Waals surface area contributed by atoms with E-state index in [2.05, 4.69) is 20.2 Å². The number of carbonyl (C=O) groups is 1. The summed E-state index contributed by atoms with van der Waals surface area (Å²) in [5.41, 5.74) is -0.519. The highest BCUT2D eigenvalue weighted by Gasteiger charge is 2.55. The lowest BCUT2D eigenvalue weighted by atomic mass is 9.80. The minimum Gasteiger partial charge on any atom is -0.355 e. The van der Waals surface area contributed by atoms with Gasteiger partial charge in [0.25, 0.3) is 0 Å². The molecule has 154 valence electrons. The summed E-state index contributed by atoms with van der Waals surface area (Å²) < 4.78 is 39.2. The molecule has 0 bridgehead atoms. The van der Waals surface area contributed by atoms with Gasteiger partial charge in [-0.05, 0) is 62.3 Å². The molecule has 0 spiro atoms. The molecular weight excluding hydrogens is 381 g/mol. The SMILES string of the molecule is Cc1cc(NC(=O)C2(C3CCN(c4cnccn4)CC3)CC2)cc(C(F)(F)F)c1. The van der Waals surface area contributed by atoms with Crippen molar-refractivity contribution in [3.8, 4) is 0 Å². The molecule has 1 N–H and O–H groups in total. The van der Waals surface area contributed by atoms with Crippen LogP contribution in [0.25, 0.3) is 0 Å². The summed E-state index contributed by atoms with van der Waals surface area (Å²) in [7, 11) is 0. The molecule has 2 aromatic rings. The predicted molar refractivity (Wildman–Crippen MR) is 103 cm³/mol. The standard InChI is InChI=1S/C21H23F3N4O/c1-14-10-16(21(22,23)24)12-17(11-14)27-19(29)20(4-5-20)15-2-8-28(9-3-15)18-13-25-6-7-26-18/h6-7,10-13,15H,2-5,8-9H2,1H3,(H,27,29). The van der Waals surface area contributed by atoms with E-state index >= 15 is 0 Å². The van der Waals surface area contributed by atoms with Crippen molar-refractivity contribution in [1.29, 1.82) is 0 Å². The van der Waals surface area contributed by atoms with Crippen molar-refractivity contribution in [3.05, 3.63) is 47.9 Å². The lowest BCUT2D eigenvalue weighted by Gasteiger charge is -2.36. The molecule has 1 aromatic carbocycles. The smallest absolute Gasteiger partial charge is 0.355 e. The summed E-state index contributed by atoms with van der Waals surface area (Å²) in [6.07, 6.45) is 3.87. The van der Waals surface area contributed by atoms with Crippen molar-refractivity contribution in [3.63, 3.8) is 0 Å². The van der Waals surface area contributed by atoms with E-state index in [1.807, 2.05) is 0 Å². The maximum Gasteiger partial charge on any atom is 0.416 e. The third-order valence-corrected chi connectivity index (χ3v) is 6.05. The molecule has 1 aromatic heterocycles. The zero-order valence-corrected chi connectivity index (χ0v) is 16.2. The van der Waals surface area contributed by atoms with Crippen LogP contribution in [0.5, 0.6) is 0 Å². The van der Waals surface area contributed by atoms with Gasteiger partial charge in [-0.1, -0.05) is 0 Å². The molecule has 0 atom stereocenters. The lowest BCUT2D eigenvalue weighted by molar-refractivity contribution is -0.137. The van der Waals surface area contributed by atoms with Gasteiger partial charge in [0.15, 0.2) is 0 Å². The van der Waals surface area contributed by atoms with Gasteiger partial charge in [0, 0.05) is 31.2 Å². The van der Waals surface area contributed by atoms with Crippen molar-refractivity contribution < 1.29 is 18.0 Å². The zero-order chi connectivity index (χ0) is 20.6. The number of nitrogens with zero attached hydrogens (tertiary/aromatic N) is 3. The van der Waals surface area contributed by atoms with E-state index in [0.29, 0.717) is 5.56 Å². The fourth-order valence-electron chi connectivity index (χ4n) is 4.35. The molecule has 1 amide bonds. The number of amides is 1. The minimum absolute atomic E-state index is 0.158. The molecule has 8 heteroatoms. The van der Waals surface area contributed by atoms with Gasteiger partial charge in [0.1, 0.15) is 5.82 Å². The number of carbonyl (C=O) groups excluding carboxylic acids is 1. The van der Waals surface area contributed by atoms with E-state index in [4.69, 9.17) is 0 Å². The molecule has 2 fully saturated rings. The lowest BCUT2D eigenvalue weighted by Crippen LogP contribution is -2.41. The Hall–Kier alpha value is -2.64. The van der Waals surface area contributed by atoms with E-state index in [0.717, 1.165) is 56.7 Å². The summed E-state index contributed by atoms with van der Waals surface area (Å²) in [4.78, 5) is 23.6. The summed E-state index contributed by atoms with van der Waals surface area (Å²) in [5.74, 6) is 0.899. The summed E-state index contributed by atoms with van der Waals surface area (Å²) in [6.45, 7) is 3.18. The fraction of sp³-hybridized carbons (Fsp3) is 0.476. The second kappa shape index (κ2) is 7.31. The molecular formula is C21H23F3N4O. The summed E-state index contributed by atoms with van der Waals surface area (Å²) in [5, 5.41) is 2.76. The first-order valence-corrected chi connectivity index (χ1v) is 9.79. The highest BCUT2D eigenvalue weighted by atomic mass is 19.4.